The number of rotatable bonds is 1. The van der Waals surface area contributed by atoms with Crippen molar-refractivity contribution in [2.45, 2.75) is 51.5 Å². The van der Waals surface area contributed by atoms with Gasteiger partial charge in [0.15, 0.2) is 0 Å². The summed E-state index contributed by atoms with van der Waals surface area (Å²) in [7, 11) is 0. The zero-order chi connectivity index (χ0) is 17.7. The standard InChI is InChI=1S/C23H25NO2/c1-15-7-9-18-20(13-15)24-11-12-26-21-14-17(25)8-10-19(21)23(24)22(18)16-5-3-2-4-6-16/h7-10,13-14,16,25H,2-6,11-12H2,1H3. The van der Waals surface area contributed by atoms with Crippen molar-refractivity contribution in [2.24, 2.45) is 0 Å². The number of hydrogen-bond acceptors (Lipinski definition) is 2. The monoisotopic (exact) mass is 347 g/mol. The molecule has 1 aliphatic heterocycles. The molecule has 1 aromatic heterocycles. The van der Waals surface area contributed by atoms with Crippen LogP contribution in [-0.4, -0.2) is 16.3 Å². The molecule has 0 amide bonds. The van der Waals surface area contributed by atoms with E-state index in [2.05, 4.69) is 29.7 Å². The van der Waals surface area contributed by atoms with Crippen LogP contribution in [0.2, 0.25) is 0 Å². The highest BCUT2D eigenvalue weighted by molar-refractivity contribution is 5.94. The lowest BCUT2D eigenvalue weighted by Gasteiger charge is -2.23. The summed E-state index contributed by atoms with van der Waals surface area (Å²) in [5, 5.41) is 11.3. The minimum absolute atomic E-state index is 0.267. The highest BCUT2D eigenvalue weighted by atomic mass is 16.5. The van der Waals surface area contributed by atoms with E-state index in [0.29, 0.717) is 12.5 Å². The van der Waals surface area contributed by atoms with Crippen LogP contribution in [-0.2, 0) is 6.54 Å². The van der Waals surface area contributed by atoms with E-state index < -0.39 is 0 Å². The quantitative estimate of drug-likeness (QED) is 0.607. The molecule has 0 radical (unpaired) electrons. The number of ether oxygens (including phenoxy) is 1. The molecule has 0 saturated heterocycles. The number of nitrogens with zero attached hydrogens (tertiary/aromatic N) is 1. The summed E-state index contributed by atoms with van der Waals surface area (Å²) in [5.41, 5.74) is 6.55. The predicted molar refractivity (Wildman–Crippen MR) is 105 cm³/mol. The van der Waals surface area contributed by atoms with E-state index in [0.717, 1.165) is 17.9 Å². The number of phenols is 1. The van der Waals surface area contributed by atoms with Crippen molar-refractivity contribution in [3.63, 3.8) is 0 Å². The molecule has 5 rings (SSSR count). The topological polar surface area (TPSA) is 34.4 Å². The number of benzene rings is 2. The van der Waals surface area contributed by atoms with Crippen molar-refractivity contribution < 1.29 is 9.84 Å². The van der Waals surface area contributed by atoms with Gasteiger partial charge in [-0.25, -0.2) is 0 Å². The van der Waals surface area contributed by atoms with E-state index in [1.165, 1.54) is 59.8 Å². The Morgan fingerprint density at radius 1 is 1.04 bits per heavy atom. The fourth-order valence-electron chi connectivity index (χ4n) is 4.89. The van der Waals surface area contributed by atoms with Gasteiger partial charge in [0.1, 0.15) is 18.1 Å². The normalized spacial score (nSPS) is 17.4. The smallest absolute Gasteiger partial charge is 0.132 e. The molecule has 0 bridgehead atoms. The molecule has 3 aromatic rings. The van der Waals surface area contributed by atoms with E-state index >= 15 is 0 Å². The fourth-order valence-corrected chi connectivity index (χ4v) is 4.89. The molecule has 1 aliphatic carbocycles. The molecule has 134 valence electrons. The van der Waals surface area contributed by atoms with Crippen LogP contribution >= 0.6 is 0 Å². The summed E-state index contributed by atoms with van der Waals surface area (Å²) in [6, 6.07) is 12.4. The first kappa shape index (κ1) is 15.8. The van der Waals surface area contributed by atoms with Gasteiger partial charge in [0.25, 0.3) is 0 Å². The number of phenolic OH excluding ortho intramolecular Hbond substituents is 1. The summed E-state index contributed by atoms with van der Waals surface area (Å²) < 4.78 is 8.46. The zero-order valence-electron chi connectivity index (χ0n) is 15.3. The van der Waals surface area contributed by atoms with Crippen LogP contribution in [0.4, 0.5) is 0 Å². The third-order valence-corrected chi connectivity index (χ3v) is 6.07. The van der Waals surface area contributed by atoms with Crippen molar-refractivity contribution in [3.05, 3.63) is 47.5 Å². The fraction of sp³-hybridized carbons (Fsp3) is 0.391. The van der Waals surface area contributed by atoms with Gasteiger partial charge in [-0.15, -0.1) is 0 Å². The molecule has 1 fully saturated rings. The second kappa shape index (κ2) is 6.08. The average molecular weight is 347 g/mol. The molecule has 0 spiro atoms. The van der Waals surface area contributed by atoms with Gasteiger partial charge in [-0.05, 0) is 55.0 Å². The van der Waals surface area contributed by atoms with Crippen LogP contribution in [0, 0.1) is 6.92 Å². The summed E-state index contributed by atoms with van der Waals surface area (Å²) in [4.78, 5) is 0. The van der Waals surface area contributed by atoms with Crippen LogP contribution in [0.3, 0.4) is 0 Å². The molecular weight excluding hydrogens is 322 g/mol. The SMILES string of the molecule is Cc1ccc2c(C3CCCCC3)c3n(c2c1)CCOc1cc(O)ccc1-3. The predicted octanol–water partition coefficient (Wildman–Crippen LogP) is 5.76. The van der Waals surface area contributed by atoms with Crippen molar-refractivity contribution in [3.8, 4) is 22.8 Å². The first-order valence-electron chi connectivity index (χ1n) is 9.81. The first-order valence-corrected chi connectivity index (χ1v) is 9.81. The number of aromatic nitrogens is 1. The number of fused-ring (bicyclic) bond motifs is 5. The van der Waals surface area contributed by atoms with E-state index in [4.69, 9.17) is 4.74 Å². The maximum Gasteiger partial charge on any atom is 0.132 e. The summed E-state index contributed by atoms with van der Waals surface area (Å²) in [5.74, 6) is 1.69. The molecule has 1 saturated carbocycles. The van der Waals surface area contributed by atoms with Crippen molar-refractivity contribution in [1.29, 1.82) is 0 Å². The third-order valence-electron chi connectivity index (χ3n) is 6.07. The van der Waals surface area contributed by atoms with Crippen LogP contribution in [0.25, 0.3) is 22.2 Å². The molecule has 1 N–H and O–H groups in total. The zero-order valence-corrected chi connectivity index (χ0v) is 15.3. The maximum atomic E-state index is 9.94. The molecule has 3 heteroatoms. The van der Waals surface area contributed by atoms with Gasteiger partial charge in [-0.3, -0.25) is 0 Å². The molecule has 2 aromatic carbocycles. The number of hydrogen-bond donors (Lipinski definition) is 1. The Balaban J connectivity index is 1.84. The van der Waals surface area contributed by atoms with Crippen LogP contribution < -0.4 is 4.74 Å². The Morgan fingerprint density at radius 3 is 2.73 bits per heavy atom. The Hall–Kier alpha value is -2.42. The second-order valence-electron chi connectivity index (χ2n) is 7.80. The summed E-state index contributed by atoms with van der Waals surface area (Å²) in [6.45, 7) is 3.64. The molecule has 0 unspecified atom stereocenters. The summed E-state index contributed by atoms with van der Waals surface area (Å²) in [6.07, 6.45) is 6.54. The highest BCUT2D eigenvalue weighted by Gasteiger charge is 2.29. The number of aromatic hydroxyl groups is 1. The first-order chi connectivity index (χ1) is 12.7. The van der Waals surface area contributed by atoms with Crippen molar-refractivity contribution >= 4 is 10.9 Å². The molecule has 26 heavy (non-hydrogen) atoms. The van der Waals surface area contributed by atoms with Gasteiger partial charge < -0.3 is 14.4 Å². The maximum absolute atomic E-state index is 9.94. The lowest BCUT2D eigenvalue weighted by atomic mass is 9.81. The van der Waals surface area contributed by atoms with Crippen LogP contribution in [0.1, 0.15) is 49.1 Å². The van der Waals surface area contributed by atoms with Gasteiger partial charge in [0, 0.05) is 22.5 Å². The van der Waals surface area contributed by atoms with Gasteiger partial charge in [0.05, 0.1) is 12.2 Å². The van der Waals surface area contributed by atoms with E-state index in [9.17, 15) is 5.11 Å². The van der Waals surface area contributed by atoms with E-state index in [1.807, 2.05) is 6.07 Å². The Bertz CT molecular complexity index is 980. The lowest BCUT2D eigenvalue weighted by molar-refractivity contribution is 0.307. The molecular formula is C23H25NO2. The minimum atomic E-state index is 0.267. The van der Waals surface area contributed by atoms with Crippen molar-refractivity contribution in [1.82, 2.24) is 4.57 Å². The minimum Gasteiger partial charge on any atom is -0.508 e. The van der Waals surface area contributed by atoms with Gasteiger partial charge in [-0.2, -0.15) is 0 Å². The average Bonchev–Trinajstić information content (AvgIpc) is 2.84. The van der Waals surface area contributed by atoms with Crippen LogP contribution in [0.15, 0.2) is 36.4 Å². The number of aryl methyl sites for hydroxylation is 1. The van der Waals surface area contributed by atoms with Crippen molar-refractivity contribution in [2.75, 3.05) is 6.61 Å². The molecule has 3 nitrogen and oxygen atoms in total. The van der Waals surface area contributed by atoms with Gasteiger partial charge in [0.2, 0.25) is 0 Å². The van der Waals surface area contributed by atoms with E-state index in [-0.39, 0.29) is 5.75 Å². The molecule has 2 aliphatic rings. The Kier molecular flexibility index (Phi) is 3.70. The van der Waals surface area contributed by atoms with Gasteiger partial charge in [-0.1, -0.05) is 31.4 Å². The van der Waals surface area contributed by atoms with Crippen LogP contribution in [0.5, 0.6) is 11.5 Å². The largest absolute Gasteiger partial charge is 0.508 e. The highest BCUT2D eigenvalue weighted by Crippen LogP contribution is 2.47. The molecule has 2 heterocycles. The summed E-state index contributed by atoms with van der Waals surface area (Å²) >= 11 is 0. The molecule has 0 atom stereocenters. The van der Waals surface area contributed by atoms with E-state index in [1.54, 1.807) is 12.1 Å². The van der Waals surface area contributed by atoms with Gasteiger partial charge >= 0.3 is 0 Å². The Morgan fingerprint density at radius 2 is 1.88 bits per heavy atom. The third kappa shape index (κ3) is 2.41. The Labute approximate surface area is 154 Å². The lowest BCUT2D eigenvalue weighted by Crippen LogP contribution is -2.07. The second-order valence-corrected chi connectivity index (χ2v) is 7.80.